The highest BCUT2D eigenvalue weighted by molar-refractivity contribution is 7.99. The van der Waals surface area contributed by atoms with Crippen LogP contribution in [0.1, 0.15) is 69.7 Å². The topological polar surface area (TPSA) is 89.6 Å². The van der Waals surface area contributed by atoms with Crippen LogP contribution in [0.2, 0.25) is 0 Å². The molecule has 166 valence electrons. The largest absolute Gasteiger partial charge is 0.474 e. The van der Waals surface area contributed by atoms with Gasteiger partial charge in [0.05, 0.1) is 0 Å². The van der Waals surface area contributed by atoms with E-state index >= 15 is 0 Å². The maximum absolute atomic E-state index is 12.9. The Balaban J connectivity index is 1.48. The number of nitrogens with one attached hydrogen (secondary N) is 2. The summed E-state index contributed by atoms with van der Waals surface area (Å²) < 4.78 is 11.4. The molecule has 2 fully saturated rings. The zero-order valence-corrected chi connectivity index (χ0v) is 18.9. The molecule has 2 heterocycles. The Bertz CT molecular complexity index is 723. The zero-order valence-electron chi connectivity index (χ0n) is 18.1. The second-order valence-corrected chi connectivity index (χ2v) is 10.2. The van der Waals surface area contributed by atoms with Gasteiger partial charge in [-0.1, -0.05) is 0 Å². The molecule has 0 bridgehead atoms. The van der Waals surface area contributed by atoms with Crippen molar-refractivity contribution in [2.24, 2.45) is 0 Å². The molecule has 1 aliphatic carbocycles. The van der Waals surface area contributed by atoms with E-state index in [1.54, 1.807) is 18.3 Å². The van der Waals surface area contributed by atoms with Gasteiger partial charge in [-0.25, -0.2) is 9.78 Å². The summed E-state index contributed by atoms with van der Waals surface area (Å²) in [4.78, 5) is 29.1. The van der Waals surface area contributed by atoms with E-state index in [1.807, 2.05) is 32.5 Å². The van der Waals surface area contributed by atoms with Gasteiger partial charge >= 0.3 is 6.09 Å². The fourth-order valence-electron chi connectivity index (χ4n) is 3.73. The smallest absolute Gasteiger partial charge is 0.407 e. The standard InChI is InChI=1S/C22H33N3O4S/c1-22(2,3)29-21(27)25-16-8-6-15(7-9-16)24-19(26)18-5-4-12-23-20(18)28-17-10-13-30-14-11-17/h4-5,12,15-17H,6-11,13-14H2,1-3H3,(H,24,26)(H,25,27). The SMILES string of the molecule is CC(C)(C)OC(=O)NC1CCC(NC(=O)c2cccnc2OC2CCSCC2)CC1. The van der Waals surface area contributed by atoms with E-state index < -0.39 is 5.60 Å². The van der Waals surface area contributed by atoms with Crippen LogP contribution in [0.5, 0.6) is 5.88 Å². The maximum atomic E-state index is 12.9. The Hall–Kier alpha value is -1.96. The van der Waals surface area contributed by atoms with E-state index in [4.69, 9.17) is 9.47 Å². The molecule has 0 unspecified atom stereocenters. The molecule has 1 aromatic heterocycles. The predicted octanol–water partition coefficient (Wildman–Crippen LogP) is 3.92. The quantitative estimate of drug-likeness (QED) is 0.729. The van der Waals surface area contributed by atoms with Crippen molar-refractivity contribution in [1.29, 1.82) is 0 Å². The first-order valence-corrected chi connectivity index (χ1v) is 12.0. The average Bonchev–Trinajstić information content (AvgIpc) is 2.69. The molecule has 0 spiro atoms. The van der Waals surface area contributed by atoms with Crippen LogP contribution in [0.4, 0.5) is 4.79 Å². The third-order valence-corrected chi connectivity index (χ3v) is 6.29. The third-order valence-electron chi connectivity index (χ3n) is 5.25. The molecule has 2 N–H and O–H groups in total. The van der Waals surface area contributed by atoms with Gasteiger partial charge in [0.25, 0.3) is 5.91 Å². The highest BCUT2D eigenvalue weighted by atomic mass is 32.2. The lowest BCUT2D eigenvalue weighted by molar-refractivity contribution is 0.0487. The van der Waals surface area contributed by atoms with Crippen LogP contribution >= 0.6 is 11.8 Å². The van der Waals surface area contributed by atoms with E-state index in [9.17, 15) is 9.59 Å². The van der Waals surface area contributed by atoms with Crippen molar-refractivity contribution >= 4 is 23.8 Å². The van der Waals surface area contributed by atoms with Crippen LogP contribution in [-0.2, 0) is 4.74 Å². The summed E-state index contributed by atoms with van der Waals surface area (Å²) in [7, 11) is 0. The van der Waals surface area contributed by atoms with Crippen molar-refractivity contribution in [3.05, 3.63) is 23.9 Å². The van der Waals surface area contributed by atoms with Crippen LogP contribution < -0.4 is 15.4 Å². The van der Waals surface area contributed by atoms with Gasteiger partial charge in [0.2, 0.25) is 5.88 Å². The van der Waals surface area contributed by atoms with Crippen molar-refractivity contribution < 1.29 is 19.1 Å². The maximum Gasteiger partial charge on any atom is 0.407 e. The number of thioether (sulfide) groups is 1. The summed E-state index contributed by atoms with van der Waals surface area (Å²) in [5.74, 6) is 2.44. The second-order valence-electron chi connectivity index (χ2n) is 8.95. The monoisotopic (exact) mass is 435 g/mol. The lowest BCUT2D eigenvalue weighted by atomic mass is 9.91. The van der Waals surface area contributed by atoms with Gasteiger partial charge in [0.1, 0.15) is 17.3 Å². The first-order chi connectivity index (χ1) is 14.3. The van der Waals surface area contributed by atoms with E-state index in [-0.39, 0.29) is 30.2 Å². The van der Waals surface area contributed by atoms with Gasteiger partial charge in [-0.15, -0.1) is 0 Å². The van der Waals surface area contributed by atoms with E-state index in [2.05, 4.69) is 15.6 Å². The summed E-state index contributed by atoms with van der Waals surface area (Å²) >= 11 is 1.94. The Morgan fingerprint density at radius 3 is 2.30 bits per heavy atom. The number of pyridine rings is 1. The molecule has 1 aromatic rings. The van der Waals surface area contributed by atoms with Gasteiger partial charge in [-0.3, -0.25) is 4.79 Å². The number of amides is 2. The number of nitrogens with zero attached hydrogens (tertiary/aromatic N) is 1. The molecule has 1 saturated carbocycles. The zero-order chi connectivity index (χ0) is 21.6. The van der Waals surface area contributed by atoms with Crippen LogP contribution in [-0.4, -0.2) is 52.3 Å². The van der Waals surface area contributed by atoms with Crippen molar-refractivity contribution in [3.63, 3.8) is 0 Å². The van der Waals surface area contributed by atoms with Crippen LogP contribution in [0.3, 0.4) is 0 Å². The Morgan fingerprint density at radius 1 is 1.03 bits per heavy atom. The number of aromatic nitrogens is 1. The summed E-state index contributed by atoms with van der Waals surface area (Å²) in [6, 6.07) is 3.69. The first kappa shape index (κ1) is 22.7. The van der Waals surface area contributed by atoms with Gasteiger partial charge in [0.15, 0.2) is 0 Å². The molecule has 2 amide bonds. The Labute approximate surface area is 183 Å². The molecular formula is C22H33N3O4S. The number of alkyl carbamates (subject to hydrolysis) is 1. The number of hydrogen-bond donors (Lipinski definition) is 2. The first-order valence-electron chi connectivity index (χ1n) is 10.8. The lowest BCUT2D eigenvalue weighted by Crippen LogP contribution is -2.45. The number of carbonyl (C=O) groups excluding carboxylic acids is 2. The normalized spacial score (nSPS) is 22.8. The van der Waals surface area contributed by atoms with E-state index in [0.717, 1.165) is 50.0 Å². The summed E-state index contributed by atoms with van der Waals surface area (Å²) in [6.45, 7) is 5.55. The number of carbonyl (C=O) groups is 2. The van der Waals surface area contributed by atoms with E-state index in [1.165, 1.54) is 0 Å². The predicted molar refractivity (Wildman–Crippen MR) is 118 cm³/mol. The lowest BCUT2D eigenvalue weighted by Gasteiger charge is -2.30. The van der Waals surface area contributed by atoms with Crippen LogP contribution in [0.25, 0.3) is 0 Å². The molecule has 1 aliphatic heterocycles. The molecule has 2 aliphatic rings. The number of ether oxygens (including phenoxy) is 2. The second kappa shape index (κ2) is 10.4. The van der Waals surface area contributed by atoms with Crippen molar-refractivity contribution in [2.45, 2.75) is 83.1 Å². The summed E-state index contributed by atoms with van der Waals surface area (Å²) in [5.41, 5.74) is -0.0143. The molecule has 8 heteroatoms. The van der Waals surface area contributed by atoms with E-state index in [0.29, 0.717) is 11.4 Å². The highest BCUT2D eigenvalue weighted by Gasteiger charge is 2.27. The fourth-order valence-corrected chi connectivity index (χ4v) is 4.79. The van der Waals surface area contributed by atoms with Crippen LogP contribution in [0, 0.1) is 0 Å². The minimum atomic E-state index is -0.505. The van der Waals surface area contributed by atoms with Gasteiger partial charge in [0, 0.05) is 18.3 Å². The van der Waals surface area contributed by atoms with Gasteiger partial charge in [-0.05, 0) is 82.9 Å². The molecular weight excluding hydrogens is 402 g/mol. The minimum Gasteiger partial charge on any atom is -0.474 e. The summed E-state index contributed by atoms with van der Waals surface area (Å²) in [6.07, 6.45) is 6.60. The molecule has 0 atom stereocenters. The molecule has 0 radical (unpaired) electrons. The van der Waals surface area contributed by atoms with Crippen molar-refractivity contribution in [3.8, 4) is 5.88 Å². The molecule has 0 aromatic carbocycles. The number of hydrogen-bond acceptors (Lipinski definition) is 6. The van der Waals surface area contributed by atoms with Gasteiger partial charge in [-0.2, -0.15) is 11.8 Å². The fraction of sp³-hybridized carbons (Fsp3) is 0.682. The van der Waals surface area contributed by atoms with Crippen molar-refractivity contribution in [1.82, 2.24) is 15.6 Å². The molecule has 3 rings (SSSR count). The minimum absolute atomic E-state index is 0.0772. The third kappa shape index (κ3) is 7.07. The molecule has 7 nitrogen and oxygen atoms in total. The molecule has 1 saturated heterocycles. The van der Waals surface area contributed by atoms with Crippen molar-refractivity contribution in [2.75, 3.05) is 11.5 Å². The van der Waals surface area contributed by atoms with Gasteiger partial charge < -0.3 is 20.1 Å². The average molecular weight is 436 g/mol. The Kier molecular flexibility index (Phi) is 7.86. The Morgan fingerprint density at radius 2 is 1.67 bits per heavy atom. The summed E-state index contributed by atoms with van der Waals surface area (Å²) in [5, 5.41) is 6.05. The number of rotatable bonds is 5. The van der Waals surface area contributed by atoms with Crippen LogP contribution in [0.15, 0.2) is 18.3 Å². The highest BCUT2D eigenvalue weighted by Crippen LogP contribution is 2.25. The molecule has 30 heavy (non-hydrogen) atoms.